The molecule has 0 aliphatic rings. The molecule has 1 aromatic carbocycles. The molecule has 0 fully saturated rings. The van der Waals surface area contributed by atoms with Gasteiger partial charge in [-0.05, 0) is 30.2 Å². The molecule has 17 heavy (non-hydrogen) atoms. The third kappa shape index (κ3) is 5.15. The van der Waals surface area contributed by atoms with E-state index in [1.54, 1.807) is 6.08 Å². The van der Waals surface area contributed by atoms with Crippen molar-refractivity contribution in [3.63, 3.8) is 0 Å². The maximum absolute atomic E-state index is 10.7. The van der Waals surface area contributed by atoms with E-state index in [4.69, 9.17) is 9.84 Å². The highest BCUT2D eigenvalue weighted by Gasteiger charge is 2.02. The molecule has 0 unspecified atom stereocenters. The number of carboxylic acid groups (broad SMARTS) is 1. The number of rotatable bonds is 6. The molecular formula is C13H15BrO3. The Morgan fingerprint density at radius 3 is 2.88 bits per heavy atom. The summed E-state index contributed by atoms with van der Waals surface area (Å²) >= 11 is 3.38. The van der Waals surface area contributed by atoms with Crippen LogP contribution in [0, 0.1) is 0 Å². The highest BCUT2D eigenvalue weighted by atomic mass is 79.9. The Bertz CT molecular complexity index is 413. The molecule has 0 aliphatic carbocycles. The standard InChI is InChI=1S/C13H15BrO3/c1-2-11(13(15)16)6-7-17-9-10-4-3-5-12(14)8-10/h3-6,8H,2,7,9H2,1H3,(H,15,16)/b11-6-. The third-order valence-corrected chi connectivity index (χ3v) is 2.75. The van der Waals surface area contributed by atoms with Crippen molar-refractivity contribution in [3.8, 4) is 0 Å². The molecular weight excluding hydrogens is 284 g/mol. The van der Waals surface area contributed by atoms with Gasteiger partial charge in [-0.2, -0.15) is 0 Å². The fraction of sp³-hybridized carbons (Fsp3) is 0.308. The molecule has 0 radical (unpaired) electrons. The van der Waals surface area contributed by atoms with Gasteiger partial charge in [0, 0.05) is 10.0 Å². The van der Waals surface area contributed by atoms with Crippen molar-refractivity contribution in [2.45, 2.75) is 20.0 Å². The van der Waals surface area contributed by atoms with Gasteiger partial charge in [-0.25, -0.2) is 4.79 Å². The van der Waals surface area contributed by atoms with Crippen molar-refractivity contribution in [2.75, 3.05) is 6.61 Å². The van der Waals surface area contributed by atoms with Gasteiger partial charge in [0.15, 0.2) is 0 Å². The van der Waals surface area contributed by atoms with E-state index in [1.165, 1.54) is 0 Å². The van der Waals surface area contributed by atoms with E-state index in [0.29, 0.717) is 25.2 Å². The first-order valence-corrected chi connectivity index (χ1v) is 6.17. The highest BCUT2D eigenvalue weighted by molar-refractivity contribution is 9.10. The number of hydrogen-bond acceptors (Lipinski definition) is 2. The summed E-state index contributed by atoms with van der Waals surface area (Å²) in [6.07, 6.45) is 2.12. The minimum absolute atomic E-state index is 0.321. The zero-order valence-electron chi connectivity index (χ0n) is 9.65. The SMILES string of the molecule is CC/C(=C/COCc1cccc(Br)c1)C(=O)O. The van der Waals surface area contributed by atoms with Gasteiger partial charge >= 0.3 is 5.97 Å². The van der Waals surface area contributed by atoms with Crippen molar-refractivity contribution in [2.24, 2.45) is 0 Å². The maximum atomic E-state index is 10.7. The normalized spacial score (nSPS) is 11.5. The Morgan fingerprint density at radius 1 is 1.53 bits per heavy atom. The van der Waals surface area contributed by atoms with Gasteiger partial charge in [0.05, 0.1) is 13.2 Å². The predicted molar refractivity (Wildman–Crippen MR) is 69.8 cm³/mol. The van der Waals surface area contributed by atoms with Crippen LogP contribution in [-0.4, -0.2) is 17.7 Å². The molecule has 4 heteroatoms. The summed E-state index contributed by atoms with van der Waals surface area (Å²) in [4.78, 5) is 10.7. The summed E-state index contributed by atoms with van der Waals surface area (Å²) < 4.78 is 6.40. The molecule has 0 saturated carbocycles. The van der Waals surface area contributed by atoms with Crippen LogP contribution < -0.4 is 0 Å². The average molecular weight is 299 g/mol. The van der Waals surface area contributed by atoms with Crippen molar-refractivity contribution < 1.29 is 14.6 Å². The molecule has 0 saturated heterocycles. The van der Waals surface area contributed by atoms with Gasteiger partial charge in [0.2, 0.25) is 0 Å². The van der Waals surface area contributed by atoms with Crippen molar-refractivity contribution in [3.05, 3.63) is 46.0 Å². The molecule has 0 bridgehead atoms. The Morgan fingerprint density at radius 2 is 2.29 bits per heavy atom. The van der Waals surface area contributed by atoms with Gasteiger partial charge in [-0.3, -0.25) is 0 Å². The topological polar surface area (TPSA) is 46.5 Å². The van der Waals surface area contributed by atoms with Crippen LogP contribution in [0.3, 0.4) is 0 Å². The number of carboxylic acids is 1. The lowest BCUT2D eigenvalue weighted by atomic mass is 10.2. The summed E-state index contributed by atoms with van der Waals surface area (Å²) in [6, 6.07) is 7.82. The first-order chi connectivity index (χ1) is 8.13. The molecule has 0 heterocycles. The quantitative estimate of drug-likeness (QED) is 0.647. The monoisotopic (exact) mass is 298 g/mol. The Kier molecular flexibility index (Phi) is 5.94. The van der Waals surface area contributed by atoms with Crippen molar-refractivity contribution in [1.29, 1.82) is 0 Å². The average Bonchev–Trinajstić information content (AvgIpc) is 2.28. The molecule has 0 atom stereocenters. The highest BCUT2D eigenvalue weighted by Crippen LogP contribution is 2.12. The third-order valence-electron chi connectivity index (χ3n) is 2.26. The van der Waals surface area contributed by atoms with Crippen LogP contribution in [0.2, 0.25) is 0 Å². The Hall–Kier alpha value is -1.13. The molecule has 0 spiro atoms. The number of halogens is 1. The first kappa shape index (κ1) is 13.9. The summed E-state index contributed by atoms with van der Waals surface area (Å²) in [5.41, 5.74) is 1.44. The van der Waals surface area contributed by atoms with E-state index >= 15 is 0 Å². The minimum atomic E-state index is -0.876. The second-order valence-electron chi connectivity index (χ2n) is 3.53. The summed E-state index contributed by atoms with van der Waals surface area (Å²) in [6.45, 7) is 2.61. The number of ether oxygens (including phenoxy) is 1. The van der Waals surface area contributed by atoms with E-state index in [2.05, 4.69) is 15.9 Å². The van der Waals surface area contributed by atoms with E-state index in [-0.39, 0.29) is 0 Å². The number of hydrogen-bond donors (Lipinski definition) is 1. The van der Waals surface area contributed by atoms with Crippen LogP contribution in [0.15, 0.2) is 40.4 Å². The van der Waals surface area contributed by atoms with E-state index in [9.17, 15) is 4.79 Å². The van der Waals surface area contributed by atoms with Crippen LogP contribution in [-0.2, 0) is 16.1 Å². The smallest absolute Gasteiger partial charge is 0.331 e. The molecule has 0 aromatic heterocycles. The van der Waals surface area contributed by atoms with Gasteiger partial charge in [-0.1, -0.05) is 35.0 Å². The number of benzene rings is 1. The van der Waals surface area contributed by atoms with Gasteiger partial charge in [-0.15, -0.1) is 0 Å². The van der Waals surface area contributed by atoms with E-state index in [0.717, 1.165) is 10.0 Å². The summed E-state index contributed by atoms with van der Waals surface area (Å²) in [5.74, 6) is -0.876. The molecule has 1 aromatic rings. The van der Waals surface area contributed by atoms with Crippen LogP contribution >= 0.6 is 15.9 Å². The molecule has 3 nitrogen and oxygen atoms in total. The van der Waals surface area contributed by atoms with Gasteiger partial charge in [0.25, 0.3) is 0 Å². The molecule has 92 valence electrons. The van der Waals surface area contributed by atoms with Crippen LogP contribution in [0.5, 0.6) is 0 Å². The van der Waals surface area contributed by atoms with E-state index < -0.39 is 5.97 Å². The van der Waals surface area contributed by atoms with E-state index in [1.807, 2.05) is 31.2 Å². The fourth-order valence-electron chi connectivity index (χ4n) is 1.35. The molecule has 1 rings (SSSR count). The zero-order valence-corrected chi connectivity index (χ0v) is 11.2. The van der Waals surface area contributed by atoms with Crippen molar-refractivity contribution >= 4 is 21.9 Å². The lowest BCUT2D eigenvalue weighted by molar-refractivity contribution is -0.132. The minimum Gasteiger partial charge on any atom is -0.478 e. The first-order valence-electron chi connectivity index (χ1n) is 5.38. The number of aliphatic carboxylic acids is 1. The fourth-order valence-corrected chi connectivity index (χ4v) is 1.79. The Balaban J connectivity index is 2.40. The second-order valence-corrected chi connectivity index (χ2v) is 4.45. The maximum Gasteiger partial charge on any atom is 0.331 e. The number of carbonyl (C=O) groups is 1. The zero-order chi connectivity index (χ0) is 12.7. The van der Waals surface area contributed by atoms with Gasteiger partial charge in [0.1, 0.15) is 0 Å². The second kappa shape index (κ2) is 7.25. The Labute approximate surface area is 109 Å². The lowest BCUT2D eigenvalue weighted by Crippen LogP contribution is -2.01. The van der Waals surface area contributed by atoms with Gasteiger partial charge < -0.3 is 9.84 Å². The molecule has 1 N–H and O–H groups in total. The summed E-state index contributed by atoms with van der Waals surface area (Å²) in [7, 11) is 0. The van der Waals surface area contributed by atoms with Crippen LogP contribution in [0.25, 0.3) is 0 Å². The molecule has 0 aliphatic heterocycles. The lowest BCUT2D eigenvalue weighted by Gasteiger charge is -2.03. The summed E-state index contributed by atoms with van der Waals surface area (Å²) in [5, 5.41) is 8.80. The van der Waals surface area contributed by atoms with Crippen molar-refractivity contribution in [1.82, 2.24) is 0 Å². The van der Waals surface area contributed by atoms with Crippen LogP contribution in [0.4, 0.5) is 0 Å². The predicted octanol–water partition coefficient (Wildman–Crippen LogP) is 3.39. The largest absolute Gasteiger partial charge is 0.478 e. The van der Waals surface area contributed by atoms with Crippen LogP contribution in [0.1, 0.15) is 18.9 Å². The molecule has 0 amide bonds.